The molecule has 0 aromatic heterocycles. The van der Waals surface area contributed by atoms with Gasteiger partial charge in [-0.15, -0.1) is 11.6 Å². The van der Waals surface area contributed by atoms with Crippen LogP contribution in [0.5, 0.6) is 0 Å². The second-order valence-electron chi connectivity index (χ2n) is 4.81. The van der Waals surface area contributed by atoms with Gasteiger partial charge < -0.3 is 4.90 Å². The molecule has 1 aromatic carbocycles. The van der Waals surface area contributed by atoms with E-state index in [4.69, 9.17) is 11.6 Å². The first-order valence-corrected chi connectivity index (χ1v) is 6.87. The SMILES string of the molecule is CCCN(CC1CC1)c1ccc(CCl)cc1F. The lowest BCUT2D eigenvalue weighted by atomic mass is 10.2. The highest BCUT2D eigenvalue weighted by Gasteiger charge is 2.25. The van der Waals surface area contributed by atoms with Gasteiger partial charge in [-0.1, -0.05) is 13.0 Å². The Labute approximate surface area is 108 Å². The molecule has 1 fully saturated rings. The highest BCUT2D eigenvalue weighted by Crippen LogP contribution is 2.32. The molecule has 0 unspecified atom stereocenters. The number of rotatable bonds is 6. The maximum Gasteiger partial charge on any atom is 0.146 e. The molecule has 0 N–H and O–H groups in total. The zero-order valence-corrected chi connectivity index (χ0v) is 11.0. The molecule has 2 rings (SSSR count). The molecular weight excluding hydrogens is 237 g/mol. The highest BCUT2D eigenvalue weighted by atomic mass is 35.5. The van der Waals surface area contributed by atoms with E-state index >= 15 is 0 Å². The Kier molecular flexibility index (Phi) is 4.27. The summed E-state index contributed by atoms with van der Waals surface area (Å²) in [5.41, 5.74) is 1.57. The maximum absolute atomic E-state index is 14.0. The molecule has 0 atom stereocenters. The first kappa shape index (κ1) is 12.7. The Hall–Kier alpha value is -0.760. The molecule has 0 heterocycles. The van der Waals surface area contributed by atoms with Gasteiger partial charge in [0.2, 0.25) is 0 Å². The zero-order chi connectivity index (χ0) is 12.3. The van der Waals surface area contributed by atoms with Crippen LogP contribution in [0.25, 0.3) is 0 Å². The van der Waals surface area contributed by atoms with E-state index in [1.165, 1.54) is 12.8 Å². The zero-order valence-electron chi connectivity index (χ0n) is 10.3. The summed E-state index contributed by atoms with van der Waals surface area (Å²) in [6, 6.07) is 5.34. The van der Waals surface area contributed by atoms with Crippen LogP contribution in [0.15, 0.2) is 18.2 Å². The summed E-state index contributed by atoms with van der Waals surface area (Å²) in [6.07, 6.45) is 3.63. The quantitative estimate of drug-likeness (QED) is 0.689. The molecule has 94 valence electrons. The van der Waals surface area contributed by atoms with E-state index in [0.29, 0.717) is 5.88 Å². The van der Waals surface area contributed by atoms with Crippen LogP contribution in [0.1, 0.15) is 31.7 Å². The number of hydrogen-bond acceptors (Lipinski definition) is 1. The van der Waals surface area contributed by atoms with Crippen LogP contribution in [0.3, 0.4) is 0 Å². The minimum Gasteiger partial charge on any atom is -0.369 e. The fourth-order valence-electron chi connectivity index (χ4n) is 2.08. The Morgan fingerprint density at radius 1 is 1.41 bits per heavy atom. The summed E-state index contributed by atoms with van der Waals surface area (Å²) in [7, 11) is 0. The van der Waals surface area contributed by atoms with Crippen LogP contribution < -0.4 is 4.90 Å². The molecule has 1 aliphatic carbocycles. The third kappa shape index (κ3) is 3.35. The van der Waals surface area contributed by atoms with Crippen molar-refractivity contribution in [1.82, 2.24) is 0 Å². The highest BCUT2D eigenvalue weighted by molar-refractivity contribution is 6.17. The fraction of sp³-hybridized carbons (Fsp3) is 0.571. The number of halogens is 2. The average Bonchev–Trinajstić information content (AvgIpc) is 3.12. The van der Waals surface area contributed by atoms with E-state index < -0.39 is 0 Å². The van der Waals surface area contributed by atoms with Crippen LogP contribution in [0, 0.1) is 11.7 Å². The van der Waals surface area contributed by atoms with Crippen molar-refractivity contribution >= 4 is 17.3 Å². The lowest BCUT2D eigenvalue weighted by Gasteiger charge is -2.25. The van der Waals surface area contributed by atoms with Gasteiger partial charge >= 0.3 is 0 Å². The van der Waals surface area contributed by atoms with E-state index in [0.717, 1.165) is 36.7 Å². The standard InChI is InChI=1S/C14H19ClFN/c1-2-7-17(10-11-3-4-11)14-6-5-12(9-15)8-13(14)16/h5-6,8,11H,2-4,7,9-10H2,1H3. The molecule has 1 aliphatic rings. The van der Waals surface area contributed by atoms with Gasteiger partial charge in [0.05, 0.1) is 5.69 Å². The van der Waals surface area contributed by atoms with Crippen molar-refractivity contribution < 1.29 is 4.39 Å². The van der Waals surface area contributed by atoms with Gasteiger partial charge in [0.15, 0.2) is 0 Å². The summed E-state index contributed by atoms with van der Waals surface area (Å²) in [5, 5.41) is 0. The summed E-state index contributed by atoms with van der Waals surface area (Å²) in [4.78, 5) is 2.17. The van der Waals surface area contributed by atoms with Crippen LogP contribution >= 0.6 is 11.6 Å². The van der Waals surface area contributed by atoms with E-state index in [9.17, 15) is 4.39 Å². The van der Waals surface area contributed by atoms with E-state index in [1.54, 1.807) is 6.07 Å². The van der Waals surface area contributed by atoms with E-state index in [-0.39, 0.29) is 5.82 Å². The summed E-state index contributed by atoms with van der Waals surface area (Å²) in [5.74, 6) is 0.999. The average molecular weight is 256 g/mol. The van der Waals surface area contributed by atoms with Gasteiger partial charge in [0.1, 0.15) is 5.82 Å². The first-order chi connectivity index (χ1) is 8.24. The molecule has 1 nitrogen and oxygen atoms in total. The number of anilines is 1. The van der Waals surface area contributed by atoms with Crippen LogP contribution in [-0.4, -0.2) is 13.1 Å². The second kappa shape index (κ2) is 5.72. The van der Waals surface area contributed by atoms with Crippen molar-refractivity contribution in [2.45, 2.75) is 32.1 Å². The van der Waals surface area contributed by atoms with Crippen LogP contribution in [0.2, 0.25) is 0 Å². The van der Waals surface area contributed by atoms with Crippen LogP contribution in [0.4, 0.5) is 10.1 Å². The molecule has 1 aromatic rings. The Balaban J connectivity index is 2.15. The number of benzene rings is 1. The molecule has 0 bridgehead atoms. The van der Waals surface area contributed by atoms with Gasteiger partial charge in [-0.25, -0.2) is 4.39 Å². The molecule has 0 radical (unpaired) electrons. The normalized spacial score (nSPS) is 15.0. The summed E-state index contributed by atoms with van der Waals surface area (Å²) >= 11 is 5.71. The molecule has 0 amide bonds. The Morgan fingerprint density at radius 2 is 2.18 bits per heavy atom. The largest absolute Gasteiger partial charge is 0.369 e. The van der Waals surface area contributed by atoms with Crippen LogP contribution in [-0.2, 0) is 5.88 Å². The van der Waals surface area contributed by atoms with E-state index in [2.05, 4.69) is 11.8 Å². The molecule has 1 saturated carbocycles. The van der Waals surface area contributed by atoms with Crippen molar-refractivity contribution in [3.8, 4) is 0 Å². The third-order valence-corrected chi connectivity index (χ3v) is 3.48. The molecule has 0 saturated heterocycles. The smallest absolute Gasteiger partial charge is 0.146 e. The fourth-order valence-corrected chi connectivity index (χ4v) is 2.25. The lowest BCUT2D eigenvalue weighted by molar-refractivity contribution is 0.607. The van der Waals surface area contributed by atoms with Gasteiger partial charge in [0.25, 0.3) is 0 Å². The predicted molar refractivity (Wildman–Crippen MR) is 71.2 cm³/mol. The molecule has 0 spiro atoms. The van der Waals surface area contributed by atoms with Gasteiger partial charge in [-0.3, -0.25) is 0 Å². The van der Waals surface area contributed by atoms with Gasteiger partial charge in [-0.2, -0.15) is 0 Å². The van der Waals surface area contributed by atoms with Crippen molar-refractivity contribution in [1.29, 1.82) is 0 Å². The number of alkyl halides is 1. The minimum atomic E-state index is -0.141. The molecule has 3 heteroatoms. The summed E-state index contributed by atoms with van der Waals surface area (Å²) < 4.78 is 14.0. The predicted octanol–water partition coefficient (Wildman–Crippen LogP) is 4.19. The van der Waals surface area contributed by atoms with Gasteiger partial charge in [0, 0.05) is 19.0 Å². The number of hydrogen-bond donors (Lipinski definition) is 0. The minimum absolute atomic E-state index is 0.141. The summed E-state index contributed by atoms with van der Waals surface area (Å²) in [6.45, 7) is 4.05. The Morgan fingerprint density at radius 3 is 2.71 bits per heavy atom. The molecule has 0 aliphatic heterocycles. The van der Waals surface area contributed by atoms with Crippen molar-refractivity contribution in [3.63, 3.8) is 0 Å². The Bertz CT molecular complexity index is 376. The lowest BCUT2D eigenvalue weighted by Crippen LogP contribution is -2.27. The van der Waals surface area contributed by atoms with Crippen molar-refractivity contribution in [2.75, 3.05) is 18.0 Å². The molecule has 17 heavy (non-hydrogen) atoms. The van der Waals surface area contributed by atoms with Crippen molar-refractivity contribution in [3.05, 3.63) is 29.6 Å². The maximum atomic E-state index is 14.0. The topological polar surface area (TPSA) is 3.24 Å². The molecular formula is C14H19ClFN. The number of nitrogens with zero attached hydrogens (tertiary/aromatic N) is 1. The van der Waals surface area contributed by atoms with Gasteiger partial charge in [-0.05, 0) is 42.9 Å². The third-order valence-electron chi connectivity index (χ3n) is 3.18. The van der Waals surface area contributed by atoms with E-state index in [1.807, 2.05) is 12.1 Å². The first-order valence-electron chi connectivity index (χ1n) is 6.34. The second-order valence-corrected chi connectivity index (χ2v) is 5.08. The van der Waals surface area contributed by atoms with Crippen molar-refractivity contribution in [2.24, 2.45) is 5.92 Å². The monoisotopic (exact) mass is 255 g/mol.